The molecule has 1 unspecified atom stereocenters. The summed E-state index contributed by atoms with van der Waals surface area (Å²) in [7, 11) is -0.421. The van der Waals surface area contributed by atoms with Crippen molar-refractivity contribution >= 4 is 13.5 Å². The Morgan fingerprint density at radius 2 is 1.00 bits per heavy atom. The molecule has 0 heterocycles. The highest BCUT2D eigenvalue weighted by molar-refractivity contribution is 7.60. The highest BCUT2D eigenvalue weighted by Gasteiger charge is 2.11. The van der Waals surface area contributed by atoms with Gasteiger partial charge in [0, 0.05) is 5.30 Å². The SMILES string of the molecule is CCCCCCCCCCCCP(OCCCCCCCCC)c1ccccc1. The third-order valence-corrected chi connectivity index (χ3v) is 7.84. The molecule has 168 valence electrons. The molecule has 0 aromatic heterocycles. The van der Waals surface area contributed by atoms with Gasteiger partial charge in [-0.3, -0.25) is 0 Å². The van der Waals surface area contributed by atoms with Crippen LogP contribution >= 0.6 is 8.15 Å². The van der Waals surface area contributed by atoms with Crippen molar-refractivity contribution in [3.63, 3.8) is 0 Å². The zero-order valence-corrected chi connectivity index (χ0v) is 20.6. The van der Waals surface area contributed by atoms with Crippen molar-refractivity contribution in [2.24, 2.45) is 0 Å². The summed E-state index contributed by atoms with van der Waals surface area (Å²) in [6, 6.07) is 11.0. The van der Waals surface area contributed by atoms with Crippen LogP contribution in [-0.2, 0) is 4.52 Å². The topological polar surface area (TPSA) is 9.23 Å². The van der Waals surface area contributed by atoms with E-state index >= 15 is 0 Å². The molecule has 0 aliphatic heterocycles. The van der Waals surface area contributed by atoms with Crippen LogP contribution in [0.1, 0.15) is 123 Å². The molecule has 0 fully saturated rings. The zero-order valence-electron chi connectivity index (χ0n) is 19.7. The van der Waals surface area contributed by atoms with E-state index in [-0.39, 0.29) is 0 Å². The Morgan fingerprint density at radius 1 is 0.552 bits per heavy atom. The molecule has 0 saturated carbocycles. The summed E-state index contributed by atoms with van der Waals surface area (Å²) in [5.74, 6) is 0. The Labute approximate surface area is 184 Å². The Bertz CT molecular complexity index is 433. The third-order valence-electron chi connectivity index (χ3n) is 5.75. The van der Waals surface area contributed by atoms with Crippen LogP contribution in [0.4, 0.5) is 0 Å². The van der Waals surface area contributed by atoms with E-state index in [1.165, 1.54) is 121 Å². The lowest BCUT2D eigenvalue weighted by atomic mass is 10.1. The standard InChI is InChI=1S/C27H49OP/c1-3-5-7-9-11-12-13-15-17-22-26-29(27-23-19-18-20-24-27)28-25-21-16-14-10-8-6-4-2/h18-20,23-24H,3-17,21-22,25-26H2,1-2H3. The molecule has 1 rings (SSSR count). The molecule has 0 N–H and O–H groups in total. The first-order valence-electron chi connectivity index (χ1n) is 12.8. The maximum Gasteiger partial charge on any atom is 0.0603 e. The van der Waals surface area contributed by atoms with E-state index in [0.717, 1.165) is 6.61 Å². The summed E-state index contributed by atoms with van der Waals surface area (Å²) in [4.78, 5) is 0. The summed E-state index contributed by atoms with van der Waals surface area (Å²) in [6.45, 7) is 5.53. The molecule has 0 aliphatic rings. The fourth-order valence-electron chi connectivity index (χ4n) is 3.84. The van der Waals surface area contributed by atoms with Gasteiger partial charge in [0.15, 0.2) is 0 Å². The Hall–Kier alpha value is -0.390. The van der Waals surface area contributed by atoms with Crippen molar-refractivity contribution in [1.29, 1.82) is 0 Å². The maximum atomic E-state index is 6.40. The second-order valence-electron chi connectivity index (χ2n) is 8.57. The van der Waals surface area contributed by atoms with Crippen molar-refractivity contribution in [2.75, 3.05) is 12.8 Å². The van der Waals surface area contributed by atoms with Gasteiger partial charge in [0.25, 0.3) is 0 Å². The minimum Gasteiger partial charge on any atom is -0.354 e. The van der Waals surface area contributed by atoms with Crippen LogP contribution in [0.2, 0.25) is 0 Å². The average molecular weight is 421 g/mol. The van der Waals surface area contributed by atoms with Gasteiger partial charge < -0.3 is 4.52 Å². The largest absolute Gasteiger partial charge is 0.354 e. The second kappa shape index (κ2) is 20.9. The van der Waals surface area contributed by atoms with Crippen LogP contribution in [0.15, 0.2) is 30.3 Å². The van der Waals surface area contributed by atoms with Crippen LogP contribution in [0.3, 0.4) is 0 Å². The summed E-state index contributed by atoms with van der Waals surface area (Å²) in [5, 5.41) is 1.43. The number of rotatable bonds is 21. The molecular formula is C27H49OP. The number of unbranched alkanes of at least 4 members (excludes halogenated alkanes) is 15. The molecule has 0 aliphatic carbocycles. The van der Waals surface area contributed by atoms with Gasteiger partial charge in [-0.2, -0.15) is 0 Å². The predicted octanol–water partition coefficient (Wildman–Crippen LogP) is 9.40. The lowest BCUT2D eigenvalue weighted by Crippen LogP contribution is -2.07. The summed E-state index contributed by atoms with van der Waals surface area (Å²) < 4.78 is 6.40. The summed E-state index contributed by atoms with van der Waals surface area (Å²) in [6.07, 6.45) is 24.8. The summed E-state index contributed by atoms with van der Waals surface area (Å²) >= 11 is 0. The van der Waals surface area contributed by atoms with Crippen LogP contribution < -0.4 is 5.30 Å². The molecule has 1 aromatic rings. The second-order valence-corrected chi connectivity index (χ2v) is 10.6. The van der Waals surface area contributed by atoms with Crippen LogP contribution in [-0.4, -0.2) is 12.8 Å². The molecule has 0 saturated heterocycles. The first kappa shape index (κ1) is 26.6. The fraction of sp³-hybridized carbons (Fsp3) is 0.778. The molecule has 1 aromatic carbocycles. The van der Waals surface area contributed by atoms with Crippen molar-refractivity contribution < 1.29 is 4.52 Å². The fourth-order valence-corrected chi connectivity index (χ4v) is 5.74. The van der Waals surface area contributed by atoms with Crippen LogP contribution in [0, 0.1) is 0 Å². The van der Waals surface area contributed by atoms with Gasteiger partial charge in [-0.05, 0) is 19.0 Å². The smallest absolute Gasteiger partial charge is 0.0603 e. The van der Waals surface area contributed by atoms with E-state index in [1.54, 1.807) is 0 Å². The lowest BCUT2D eigenvalue weighted by molar-refractivity contribution is 0.338. The van der Waals surface area contributed by atoms with Crippen LogP contribution in [0.25, 0.3) is 0 Å². The molecule has 0 amide bonds. The minimum absolute atomic E-state index is 0.421. The first-order chi connectivity index (χ1) is 14.4. The van der Waals surface area contributed by atoms with Gasteiger partial charge in [-0.15, -0.1) is 0 Å². The predicted molar refractivity (Wildman–Crippen MR) is 134 cm³/mol. The molecule has 1 atom stereocenters. The quantitative estimate of drug-likeness (QED) is 0.142. The molecule has 0 spiro atoms. The zero-order chi connectivity index (χ0) is 20.8. The van der Waals surface area contributed by atoms with Crippen molar-refractivity contribution in [2.45, 2.75) is 123 Å². The monoisotopic (exact) mass is 420 g/mol. The first-order valence-corrected chi connectivity index (χ1v) is 14.3. The van der Waals surface area contributed by atoms with Crippen molar-refractivity contribution in [3.05, 3.63) is 30.3 Å². The van der Waals surface area contributed by atoms with Gasteiger partial charge in [-0.25, -0.2) is 0 Å². The van der Waals surface area contributed by atoms with Gasteiger partial charge in [0.05, 0.1) is 14.8 Å². The number of hydrogen-bond donors (Lipinski definition) is 0. The van der Waals surface area contributed by atoms with E-state index in [4.69, 9.17) is 4.52 Å². The number of hydrogen-bond acceptors (Lipinski definition) is 1. The maximum absolute atomic E-state index is 6.40. The Morgan fingerprint density at radius 3 is 1.52 bits per heavy atom. The summed E-state index contributed by atoms with van der Waals surface area (Å²) in [5.41, 5.74) is 0. The van der Waals surface area contributed by atoms with Crippen LogP contribution in [0.5, 0.6) is 0 Å². The Kier molecular flexibility index (Phi) is 19.2. The van der Waals surface area contributed by atoms with Crippen molar-refractivity contribution in [1.82, 2.24) is 0 Å². The number of benzene rings is 1. The van der Waals surface area contributed by atoms with Gasteiger partial charge in [-0.1, -0.05) is 140 Å². The molecule has 0 bridgehead atoms. The normalized spacial score (nSPS) is 12.3. The molecule has 29 heavy (non-hydrogen) atoms. The van der Waals surface area contributed by atoms with E-state index in [2.05, 4.69) is 44.2 Å². The minimum atomic E-state index is -0.421. The highest BCUT2D eigenvalue weighted by atomic mass is 31.1. The van der Waals surface area contributed by atoms with E-state index in [0.29, 0.717) is 0 Å². The van der Waals surface area contributed by atoms with Gasteiger partial charge in [0.2, 0.25) is 0 Å². The lowest BCUT2D eigenvalue weighted by Gasteiger charge is -2.18. The van der Waals surface area contributed by atoms with E-state index in [1.807, 2.05) is 0 Å². The van der Waals surface area contributed by atoms with E-state index < -0.39 is 8.15 Å². The molecule has 2 heteroatoms. The third kappa shape index (κ3) is 16.0. The van der Waals surface area contributed by atoms with Gasteiger partial charge in [0.1, 0.15) is 0 Å². The molecular weight excluding hydrogens is 371 g/mol. The molecule has 1 nitrogen and oxygen atoms in total. The molecule has 0 radical (unpaired) electrons. The highest BCUT2D eigenvalue weighted by Crippen LogP contribution is 2.37. The van der Waals surface area contributed by atoms with Crippen molar-refractivity contribution in [3.8, 4) is 0 Å². The average Bonchev–Trinajstić information content (AvgIpc) is 2.76. The Balaban J connectivity index is 2.12. The van der Waals surface area contributed by atoms with E-state index in [9.17, 15) is 0 Å². The van der Waals surface area contributed by atoms with Gasteiger partial charge >= 0.3 is 0 Å².